The Bertz CT molecular complexity index is 325. The lowest BCUT2D eigenvalue weighted by Crippen LogP contribution is -1.70. The standard InChI is InChI=1S/C11H12O2/c1-2-3-4-5-6-10-7-8-11(9-12)13-10/h7-9H,2-4H2,1H3. The first-order chi connectivity index (χ1) is 6.36. The lowest BCUT2D eigenvalue weighted by atomic mass is 10.2. The molecule has 0 aromatic carbocycles. The first-order valence-electron chi connectivity index (χ1n) is 4.40. The lowest BCUT2D eigenvalue weighted by molar-refractivity contribution is 0.110. The van der Waals surface area contributed by atoms with Crippen LogP contribution in [0.1, 0.15) is 42.5 Å². The van der Waals surface area contributed by atoms with Crippen molar-refractivity contribution in [2.75, 3.05) is 0 Å². The average molecular weight is 176 g/mol. The molecular formula is C11H12O2. The second kappa shape index (κ2) is 5.21. The lowest BCUT2D eigenvalue weighted by Gasteiger charge is -1.83. The van der Waals surface area contributed by atoms with E-state index in [9.17, 15) is 4.79 Å². The molecule has 2 nitrogen and oxygen atoms in total. The van der Waals surface area contributed by atoms with Crippen LogP contribution in [0, 0.1) is 11.8 Å². The third kappa shape index (κ3) is 3.16. The summed E-state index contributed by atoms with van der Waals surface area (Å²) in [6, 6.07) is 3.33. The van der Waals surface area contributed by atoms with Gasteiger partial charge < -0.3 is 4.42 Å². The van der Waals surface area contributed by atoms with E-state index in [4.69, 9.17) is 4.42 Å². The van der Waals surface area contributed by atoms with Gasteiger partial charge in [0.15, 0.2) is 17.8 Å². The van der Waals surface area contributed by atoms with Gasteiger partial charge in [-0.25, -0.2) is 0 Å². The molecular weight excluding hydrogens is 164 g/mol. The minimum atomic E-state index is 0.333. The van der Waals surface area contributed by atoms with Gasteiger partial charge in [0, 0.05) is 6.42 Å². The van der Waals surface area contributed by atoms with Gasteiger partial charge in [0.05, 0.1) is 0 Å². The minimum Gasteiger partial charge on any atom is -0.445 e. The number of furan rings is 1. The van der Waals surface area contributed by atoms with Crippen LogP contribution in [-0.2, 0) is 0 Å². The van der Waals surface area contributed by atoms with E-state index in [1.807, 2.05) is 0 Å². The number of hydrogen-bond donors (Lipinski definition) is 0. The Hall–Kier alpha value is -1.49. The van der Waals surface area contributed by atoms with E-state index < -0.39 is 0 Å². The van der Waals surface area contributed by atoms with Crippen molar-refractivity contribution >= 4 is 6.29 Å². The van der Waals surface area contributed by atoms with E-state index in [1.165, 1.54) is 0 Å². The van der Waals surface area contributed by atoms with Crippen LogP contribution in [0.3, 0.4) is 0 Å². The fourth-order valence-electron chi connectivity index (χ4n) is 0.898. The first-order valence-corrected chi connectivity index (χ1v) is 4.40. The zero-order chi connectivity index (χ0) is 9.52. The molecule has 0 saturated heterocycles. The second-order valence-electron chi connectivity index (χ2n) is 2.73. The molecule has 0 aliphatic carbocycles. The largest absolute Gasteiger partial charge is 0.445 e. The van der Waals surface area contributed by atoms with Gasteiger partial charge in [0.2, 0.25) is 0 Å². The fraction of sp³-hybridized carbons (Fsp3) is 0.364. The number of carbonyl (C=O) groups is 1. The van der Waals surface area contributed by atoms with Crippen LogP contribution in [0.4, 0.5) is 0 Å². The molecule has 1 rings (SSSR count). The van der Waals surface area contributed by atoms with Gasteiger partial charge in [-0.05, 0) is 24.5 Å². The van der Waals surface area contributed by atoms with Gasteiger partial charge in [-0.1, -0.05) is 19.3 Å². The summed E-state index contributed by atoms with van der Waals surface area (Å²) in [5.41, 5.74) is 0. The molecule has 0 saturated carbocycles. The van der Waals surface area contributed by atoms with E-state index in [1.54, 1.807) is 12.1 Å². The highest BCUT2D eigenvalue weighted by molar-refractivity contribution is 5.70. The summed E-state index contributed by atoms with van der Waals surface area (Å²) >= 11 is 0. The van der Waals surface area contributed by atoms with Crippen LogP contribution >= 0.6 is 0 Å². The zero-order valence-corrected chi connectivity index (χ0v) is 7.67. The van der Waals surface area contributed by atoms with Crippen molar-refractivity contribution < 1.29 is 9.21 Å². The molecule has 0 radical (unpaired) electrons. The molecule has 2 heteroatoms. The summed E-state index contributed by atoms with van der Waals surface area (Å²) in [4.78, 5) is 10.3. The topological polar surface area (TPSA) is 30.2 Å². The van der Waals surface area contributed by atoms with Gasteiger partial charge in [0.25, 0.3) is 0 Å². The average Bonchev–Trinajstić information content (AvgIpc) is 2.60. The summed E-state index contributed by atoms with van der Waals surface area (Å²) in [6.07, 6.45) is 3.81. The van der Waals surface area contributed by atoms with Crippen LogP contribution in [-0.4, -0.2) is 6.29 Å². The molecule has 0 unspecified atom stereocenters. The Morgan fingerprint density at radius 3 is 3.00 bits per heavy atom. The van der Waals surface area contributed by atoms with Crippen molar-refractivity contribution in [1.29, 1.82) is 0 Å². The summed E-state index contributed by atoms with van der Waals surface area (Å²) in [5.74, 6) is 6.74. The van der Waals surface area contributed by atoms with Crippen molar-refractivity contribution in [3.8, 4) is 11.8 Å². The molecule has 0 amide bonds. The molecule has 68 valence electrons. The van der Waals surface area contributed by atoms with E-state index >= 15 is 0 Å². The van der Waals surface area contributed by atoms with E-state index in [-0.39, 0.29) is 0 Å². The van der Waals surface area contributed by atoms with Crippen LogP contribution in [0.25, 0.3) is 0 Å². The van der Waals surface area contributed by atoms with E-state index in [0.29, 0.717) is 17.8 Å². The Kier molecular flexibility index (Phi) is 3.84. The molecule has 0 spiro atoms. The predicted octanol–water partition coefficient (Wildman–Crippen LogP) is 2.63. The highest BCUT2D eigenvalue weighted by Crippen LogP contribution is 2.03. The highest BCUT2D eigenvalue weighted by atomic mass is 16.3. The SMILES string of the molecule is CCCCC#Cc1ccc(C=O)o1. The predicted molar refractivity (Wildman–Crippen MR) is 50.5 cm³/mol. The van der Waals surface area contributed by atoms with Gasteiger partial charge in [0.1, 0.15) is 0 Å². The van der Waals surface area contributed by atoms with Crippen molar-refractivity contribution in [2.45, 2.75) is 26.2 Å². The number of rotatable bonds is 3. The maximum absolute atomic E-state index is 10.3. The number of hydrogen-bond acceptors (Lipinski definition) is 2. The summed E-state index contributed by atoms with van der Waals surface area (Å²) in [6.45, 7) is 2.12. The minimum absolute atomic E-state index is 0.333. The zero-order valence-electron chi connectivity index (χ0n) is 7.67. The fourth-order valence-corrected chi connectivity index (χ4v) is 0.898. The van der Waals surface area contributed by atoms with Gasteiger partial charge in [-0.3, -0.25) is 4.79 Å². The number of carbonyl (C=O) groups excluding carboxylic acids is 1. The van der Waals surface area contributed by atoms with Crippen molar-refractivity contribution in [3.05, 3.63) is 23.7 Å². The maximum atomic E-state index is 10.3. The Balaban J connectivity index is 2.51. The van der Waals surface area contributed by atoms with Crippen molar-refractivity contribution in [3.63, 3.8) is 0 Å². The second-order valence-corrected chi connectivity index (χ2v) is 2.73. The maximum Gasteiger partial charge on any atom is 0.185 e. The highest BCUT2D eigenvalue weighted by Gasteiger charge is 1.95. The number of unbranched alkanes of at least 4 members (excludes halogenated alkanes) is 2. The smallest absolute Gasteiger partial charge is 0.185 e. The van der Waals surface area contributed by atoms with E-state index in [0.717, 1.165) is 19.3 Å². The van der Waals surface area contributed by atoms with Crippen LogP contribution in [0.2, 0.25) is 0 Å². The number of aldehydes is 1. The van der Waals surface area contributed by atoms with E-state index in [2.05, 4.69) is 18.8 Å². The molecule has 0 N–H and O–H groups in total. The molecule has 0 bridgehead atoms. The van der Waals surface area contributed by atoms with Gasteiger partial charge in [-0.2, -0.15) is 0 Å². The van der Waals surface area contributed by atoms with Gasteiger partial charge in [-0.15, -0.1) is 0 Å². The van der Waals surface area contributed by atoms with Crippen LogP contribution in [0.15, 0.2) is 16.5 Å². The van der Waals surface area contributed by atoms with Crippen molar-refractivity contribution in [1.82, 2.24) is 0 Å². The molecule has 0 aliphatic rings. The third-order valence-corrected chi connectivity index (χ3v) is 1.61. The molecule has 0 aliphatic heterocycles. The van der Waals surface area contributed by atoms with Crippen LogP contribution < -0.4 is 0 Å². The molecule has 1 aromatic heterocycles. The molecule has 0 fully saturated rings. The summed E-state index contributed by atoms with van der Waals surface area (Å²) < 4.78 is 5.07. The van der Waals surface area contributed by atoms with Crippen molar-refractivity contribution in [2.24, 2.45) is 0 Å². The van der Waals surface area contributed by atoms with Gasteiger partial charge >= 0.3 is 0 Å². The van der Waals surface area contributed by atoms with Crippen LogP contribution in [0.5, 0.6) is 0 Å². The normalized spacial score (nSPS) is 9.00. The third-order valence-electron chi connectivity index (χ3n) is 1.61. The molecule has 1 aromatic rings. The molecule has 1 heterocycles. The summed E-state index contributed by atoms with van der Waals surface area (Å²) in [7, 11) is 0. The summed E-state index contributed by atoms with van der Waals surface area (Å²) in [5, 5.41) is 0. The molecule has 13 heavy (non-hydrogen) atoms. The Labute approximate surface area is 77.9 Å². The first kappa shape index (κ1) is 9.60. The molecule has 0 atom stereocenters. The Morgan fingerprint density at radius 2 is 2.38 bits per heavy atom. The quantitative estimate of drug-likeness (QED) is 0.402. The Morgan fingerprint density at radius 1 is 1.54 bits per heavy atom. The monoisotopic (exact) mass is 176 g/mol.